The number of amides is 1. The number of carbonyl (C=O) groups excluding carboxylic acids is 2. The molecule has 0 saturated carbocycles. The van der Waals surface area contributed by atoms with E-state index in [4.69, 9.17) is 14.2 Å². The maximum atomic E-state index is 12.2. The minimum absolute atomic E-state index is 0.0197. The molecule has 29 heavy (non-hydrogen) atoms. The molecule has 0 heterocycles. The van der Waals surface area contributed by atoms with E-state index < -0.39 is 22.9 Å². The van der Waals surface area contributed by atoms with E-state index in [1.165, 1.54) is 45.4 Å². The molecular formula is C20H20N2O7. The topological polar surface area (TPSA) is 117 Å². The molecule has 152 valence electrons. The third kappa shape index (κ3) is 5.80. The summed E-state index contributed by atoms with van der Waals surface area (Å²) in [6.45, 7) is 1.37. The van der Waals surface area contributed by atoms with Crippen LogP contribution in [0, 0.1) is 10.1 Å². The molecule has 2 aromatic rings. The van der Waals surface area contributed by atoms with Gasteiger partial charge in [-0.1, -0.05) is 18.2 Å². The van der Waals surface area contributed by atoms with Gasteiger partial charge < -0.3 is 19.5 Å². The summed E-state index contributed by atoms with van der Waals surface area (Å²) < 4.78 is 15.4. The summed E-state index contributed by atoms with van der Waals surface area (Å²) in [5.74, 6) is -0.384. The van der Waals surface area contributed by atoms with E-state index in [1.54, 1.807) is 24.3 Å². The molecule has 9 heteroatoms. The van der Waals surface area contributed by atoms with Crippen molar-refractivity contribution in [2.24, 2.45) is 0 Å². The number of anilines is 1. The number of esters is 1. The summed E-state index contributed by atoms with van der Waals surface area (Å²) in [5.41, 5.74) is 0.426. The highest BCUT2D eigenvalue weighted by molar-refractivity contribution is 5.98. The van der Waals surface area contributed by atoms with E-state index in [9.17, 15) is 19.7 Å². The van der Waals surface area contributed by atoms with Crippen molar-refractivity contribution in [1.82, 2.24) is 0 Å². The van der Waals surface area contributed by atoms with Crippen LogP contribution in [0.5, 0.6) is 11.5 Å². The Hall–Kier alpha value is -3.88. The van der Waals surface area contributed by atoms with Crippen molar-refractivity contribution in [3.8, 4) is 11.5 Å². The number of hydrogen-bond donors (Lipinski definition) is 1. The largest absolute Gasteiger partial charge is 0.493 e. The summed E-state index contributed by atoms with van der Waals surface area (Å²) in [7, 11) is 3.01. The van der Waals surface area contributed by atoms with Crippen molar-refractivity contribution in [3.63, 3.8) is 0 Å². The lowest BCUT2D eigenvalue weighted by atomic mass is 10.2. The first-order valence-corrected chi connectivity index (χ1v) is 8.50. The van der Waals surface area contributed by atoms with Crippen molar-refractivity contribution in [2.75, 3.05) is 19.5 Å². The monoisotopic (exact) mass is 400 g/mol. The number of nitro benzene ring substituents is 1. The fourth-order valence-electron chi connectivity index (χ4n) is 2.36. The minimum atomic E-state index is -1.16. The van der Waals surface area contributed by atoms with Gasteiger partial charge in [-0.15, -0.1) is 0 Å². The van der Waals surface area contributed by atoms with Gasteiger partial charge >= 0.3 is 5.97 Å². The first kappa shape index (κ1) is 21.4. The van der Waals surface area contributed by atoms with Crippen LogP contribution in [0.4, 0.5) is 11.4 Å². The van der Waals surface area contributed by atoms with Crippen molar-refractivity contribution in [2.45, 2.75) is 13.0 Å². The molecule has 2 rings (SSSR count). The van der Waals surface area contributed by atoms with Crippen LogP contribution < -0.4 is 14.8 Å². The van der Waals surface area contributed by atoms with Gasteiger partial charge in [-0.2, -0.15) is 0 Å². The second kappa shape index (κ2) is 9.88. The van der Waals surface area contributed by atoms with E-state index in [2.05, 4.69) is 5.32 Å². The van der Waals surface area contributed by atoms with Crippen molar-refractivity contribution >= 4 is 29.3 Å². The van der Waals surface area contributed by atoms with Crippen LogP contribution in [0.1, 0.15) is 12.5 Å². The number of hydrogen-bond acceptors (Lipinski definition) is 7. The average Bonchev–Trinajstić information content (AvgIpc) is 2.72. The Morgan fingerprint density at radius 2 is 1.79 bits per heavy atom. The Bertz CT molecular complexity index is 940. The molecule has 0 aromatic heterocycles. The van der Waals surface area contributed by atoms with Crippen molar-refractivity contribution < 1.29 is 28.7 Å². The molecule has 9 nitrogen and oxygen atoms in total. The number of ether oxygens (including phenoxy) is 3. The van der Waals surface area contributed by atoms with E-state index in [0.29, 0.717) is 17.1 Å². The van der Waals surface area contributed by atoms with E-state index in [1.807, 2.05) is 0 Å². The lowest BCUT2D eigenvalue weighted by Gasteiger charge is -2.12. The number of methoxy groups -OCH3 is 2. The molecule has 0 saturated heterocycles. The number of nitro groups is 1. The molecule has 0 fully saturated rings. The van der Waals surface area contributed by atoms with Crippen molar-refractivity contribution in [3.05, 3.63) is 64.2 Å². The Labute approximate surface area is 167 Å². The van der Waals surface area contributed by atoms with Crippen LogP contribution in [-0.4, -0.2) is 37.1 Å². The van der Waals surface area contributed by atoms with Gasteiger partial charge in [0.2, 0.25) is 0 Å². The zero-order chi connectivity index (χ0) is 21.4. The second-order valence-corrected chi connectivity index (χ2v) is 5.79. The van der Waals surface area contributed by atoms with Crippen LogP contribution >= 0.6 is 0 Å². The molecule has 0 radical (unpaired) electrons. The van der Waals surface area contributed by atoms with Crippen LogP contribution in [-0.2, 0) is 14.3 Å². The van der Waals surface area contributed by atoms with Gasteiger partial charge in [0, 0.05) is 12.1 Å². The lowest BCUT2D eigenvalue weighted by molar-refractivity contribution is -0.383. The summed E-state index contributed by atoms with van der Waals surface area (Å²) in [6.07, 6.45) is 1.50. The lowest BCUT2D eigenvalue weighted by Crippen LogP contribution is -2.29. The quantitative estimate of drug-likeness (QED) is 0.313. The summed E-state index contributed by atoms with van der Waals surface area (Å²) in [5, 5.41) is 13.4. The van der Waals surface area contributed by atoms with Crippen molar-refractivity contribution in [1.29, 1.82) is 0 Å². The molecule has 0 aliphatic carbocycles. The Balaban J connectivity index is 1.99. The standard InChI is InChI=1S/C20H20N2O7/c1-13(20(24)21-15-6-4-5-7-16(15)22(25)26)29-19(23)11-9-14-8-10-17(27-2)18(12-14)28-3/h4-13H,1-3H3,(H,21,24). The highest BCUT2D eigenvalue weighted by Gasteiger charge is 2.20. The smallest absolute Gasteiger partial charge is 0.331 e. The third-order valence-corrected chi connectivity index (χ3v) is 3.84. The summed E-state index contributed by atoms with van der Waals surface area (Å²) >= 11 is 0. The number of carbonyl (C=O) groups is 2. The number of rotatable bonds is 8. The molecule has 0 aliphatic rings. The minimum Gasteiger partial charge on any atom is -0.493 e. The molecule has 1 N–H and O–H groups in total. The Kier molecular flexibility index (Phi) is 7.30. The molecule has 0 bridgehead atoms. The predicted molar refractivity (Wildman–Crippen MR) is 106 cm³/mol. The molecule has 0 aliphatic heterocycles. The van der Waals surface area contributed by atoms with Gasteiger partial charge in [0.1, 0.15) is 5.69 Å². The maximum Gasteiger partial charge on any atom is 0.331 e. The molecule has 2 aromatic carbocycles. The van der Waals surface area contributed by atoms with Gasteiger partial charge in [-0.05, 0) is 36.8 Å². The SMILES string of the molecule is COc1ccc(C=CC(=O)OC(C)C(=O)Nc2ccccc2[N+](=O)[O-])cc1OC. The van der Waals surface area contributed by atoms with Crippen LogP contribution in [0.3, 0.4) is 0 Å². The molecule has 0 spiro atoms. The van der Waals surface area contributed by atoms with Gasteiger partial charge in [-0.25, -0.2) is 4.79 Å². The fraction of sp³-hybridized carbons (Fsp3) is 0.200. The zero-order valence-corrected chi connectivity index (χ0v) is 16.1. The number of nitrogens with zero attached hydrogens (tertiary/aromatic N) is 1. The highest BCUT2D eigenvalue weighted by atomic mass is 16.6. The maximum absolute atomic E-state index is 12.2. The molecular weight excluding hydrogens is 380 g/mol. The molecule has 1 unspecified atom stereocenters. The third-order valence-electron chi connectivity index (χ3n) is 3.84. The van der Waals surface area contributed by atoms with Gasteiger partial charge in [0.05, 0.1) is 19.1 Å². The van der Waals surface area contributed by atoms with E-state index in [0.717, 1.165) is 6.08 Å². The van der Waals surface area contributed by atoms with Gasteiger partial charge in [0.25, 0.3) is 11.6 Å². The number of nitrogens with one attached hydrogen (secondary N) is 1. The van der Waals surface area contributed by atoms with Gasteiger partial charge in [0.15, 0.2) is 17.6 Å². The van der Waals surface area contributed by atoms with E-state index >= 15 is 0 Å². The van der Waals surface area contributed by atoms with Crippen LogP contribution in [0.2, 0.25) is 0 Å². The fourth-order valence-corrected chi connectivity index (χ4v) is 2.36. The number of para-hydroxylation sites is 2. The van der Waals surface area contributed by atoms with Crippen LogP contribution in [0.25, 0.3) is 6.08 Å². The second-order valence-electron chi connectivity index (χ2n) is 5.79. The van der Waals surface area contributed by atoms with Crippen LogP contribution in [0.15, 0.2) is 48.5 Å². The summed E-state index contributed by atoms with van der Waals surface area (Å²) in [4.78, 5) is 34.6. The number of benzene rings is 2. The molecule has 1 atom stereocenters. The average molecular weight is 400 g/mol. The first-order valence-electron chi connectivity index (χ1n) is 8.50. The van der Waals surface area contributed by atoms with E-state index in [-0.39, 0.29) is 11.4 Å². The normalized spacial score (nSPS) is 11.6. The molecule has 1 amide bonds. The Morgan fingerprint density at radius 3 is 2.45 bits per heavy atom. The first-order chi connectivity index (χ1) is 13.8. The van der Waals surface area contributed by atoms with Gasteiger partial charge in [-0.3, -0.25) is 14.9 Å². The predicted octanol–water partition coefficient (Wildman–Crippen LogP) is 3.20. The zero-order valence-electron chi connectivity index (χ0n) is 16.1. The highest BCUT2D eigenvalue weighted by Crippen LogP contribution is 2.28. The Morgan fingerprint density at radius 1 is 1.10 bits per heavy atom. The summed E-state index contributed by atoms with van der Waals surface area (Å²) in [6, 6.07) is 10.8.